The van der Waals surface area contributed by atoms with Crippen molar-refractivity contribution in [1.29, 1.82) is 0 Å². The summed E-state index contributed by atoms with van der Waals surface area (Å²) in [4.78, 5) is 0. The van der Waals surface area contributed by atoms with Crippen LogP contribution in [0.5, 0.6) is 0 Å². The molecule has 41 valence electrons. The van der Waals surface area contributed by atoms with Crippen molar-refractivity contribution in [3.05, 3.63) is 24.4 Å². The minimum absolute atomic E-state index is 0.716. The molecule has 0 saturated heterocycles. The third-order valence-corrected chi connectivity index (χ3v) is 1.42. The first-order valence-corrected chi connectivity index (χ1v) is 2.79. The van der Waals surface area contributed by atoms with Crippen LogP contribution in [0.3, 0.4) is 0 Å². The Balaban J connectivity index is 2.28. The SMILES string of the molecule is [CH]1CC1c1cn[nH]c1. The lowest BCUT2D eigenvalue weighted by molar-refractivity contribution is 1.09. The van der Waals surface area contributed by atoms with Crippen molar-refractivity contribution in [3.8, 4) is 0 Å². The second-order valence-electron chi connectivity index (χ2n) is 2.11. The van der Waals surface area contributed by atoms with Crippen molar-refractivity contribution in [2.24, 2.45) is 0 Å². The first-order valence-electron chi connectivity index (χ1n) is 2.79. The van der Waals surface area contributed by atoms with E-state index in [9.17, 15) is 0 Å². The molecule has 1 unspecified atom stereocenters. The Bertz CT molecular complexity index is 163. The Labute approximate surface area is 47.9 Å². The predicted molar refractivity (Wildman–Crippen MR) is 30.2 cm³/mol. The third-order valence-electron chi connectivity index (χ3n) is 1.42. The third kappa shape index (κ3) is 0.529. The van der Waals surface area contributed by atoms with Gasteiger partial charge in [0.25, 0.3) is 0 Å². The van der Waals surface area contributed by atoms with E-state index in [4.69, 9.17) is 0 Å². The van der Waals surface area contributed by atoms with Crippen LogP contribution >= 0.6 is 0 Å². The molecule has 0 spiro atoms. The second kappa shape index (κ2) is 1.34. The predicted octanol–water partition coefficient (Wildman–Crippen LogP) is 1.10. The summed E-state index contributed by atoms with van der Waals surface area (Å²) >= 11 is 0. The van der Waals surface area contributed by atoms with Gasteiger partial charge in [-0.25, -0.2) is 0 Å². The van der Waals surface area contributed by atoms with Crippen LogP contribution in [0.25, 0.3) is 0 Å². The number of hydrogen-bond donors (Lipinski definition) is 1. The van der Waals surface area contributed by atoms with Gasteiger partial charge < -0.3 is 0 Å². The van der Waals surface area contributed by atoms with Crippen molar-refractivity contribution in [3.63, 3.8) is 0 Å². The van der Waals surface area contributed by atoms with Crippen molar-refractivity contribution in [2.45, 2.75) is 12.3 Å². The summed E-state index contributed by atoms with van der Waals surface area (Å²) in [6, 6.07) is 0. The molecule has 0 amide bonds. The van der Waals surface area contributed by atoms with Crippen LogP contribution in [0.4, 0.5) is 0 Å². The molecule has 1 aromatic heterocycles. The topological polar surface area (TPSA) is 28.7 Å². The van der Waals surface area contributed by atoms with Crippen LogP contribution in [-0.4, -0.2) is 10.2 Å². The highest BCUT2D eigenvalue weighted by Gasteiger charge is 2.24. The molecule has 1 aliphatic rings. The smallest absolute Gasteiger partial charge is 0.0522 e. The lowest BCUT2D eigenvalue weighted by Gasteiger charge is -1.80. The van der Waals surface area contributed by atoms with Crippen molar-refractivity contribution >= 4 is 0 Å². The molecule has 1 N–H and O–H groups in total. The van der Waals surface area contributed by atoms with Gasteiger partial charge in [-0.1, -0.05) is 0 Å². The maximum absolute atomic E-state index is 3.84. The van der Waals surface area contributed by atoms with E-state index in [1.807, 2.05) is 12.4 Å². The lowest BCUT2D eigenvalue weighted by Crippen LogP contribution is -1.67. The molecule has 1 aromatic rings. The quantitative estimate of drug-likeness (QED) is 0.572. The Morgan fingerprint density at radius 1 is 1.75 bits per heavy atom. The van der Waals surface area contributed by atoms with E-state index < -0.39 is 0 Å². The fourth-order valence-corrected chi connectivity index (χ4v) is 0.804. The van der Waals surface area contributed by atoms with Crippen LogP contribution in [-0.2, 0) is 0 Å². The zero-order valence-corrected chi connectivity index (χ0v) is 4.46. The number of aromatic nitrogens is 2. The Morgan fingerprint density at radius 3 is 3.12 bits per heavy atom. The minimum Gasteiger partial charge on any atom is -0.285 e. The second-order valence-corrected chi connectivity index (χ2v) is 2.11. The van der Waals surface area contributed by atoms with E-state index in [1.165, 1.54) is 12.0 Å². The molecule has 0 bridgehead atoms. The van der Waals surface area contributed by atoms with Crippen LogP contribution < -0.4 is 0 Å². The number of H-pyrrole nitrogens is 1. The molecule has 0 aliphatic heterocycles. The number of hydrogen-bond acceptors (Lipinski definition) is 1. The van der Waals surface area contributed by atoms with E-state index in [2.05, 4.69) is 16.6 Å². The van der Waals surface area contributed by atoms with Gasteiger partial charge in [-0.2, -0.15) is 5.10 Å². The van der Waals surface area contributed by atoms with Gasteiger partial charge in [-0.15, -0.1) is 0 Å². The highest BCUT2D eigenvalue weighted by atomic mass is 15.1. The molecular weight excluding hydrogens is 100 g/mol. The molecule has 0 aromatic carbocycles. The molecule has 1 saturated carbocycles. The first kappa shape index (κ1) is 4.13. The molecule has 1 fully saturated rings. The normalized spacial score (nSPS) is 19.0. The van der Waals surface area contributed by atoms with Gasteiger partial charge in [0.2, 0.25) is 0 Å². The largest absolute Gasteiger partial charge is 0.285 e. The summed E-state index contributed by atoms with van der Waals surface area (Å²) < 4.78 is 0. The maximum Gasteiger partial charge on any atom is 0.0522 e. The number of nitrogens with zero attached hydrogens (tertiary/aromatic N) is 1. The zero-order chi connectivity index (χ0) is 5.40. The van der Waals surface area contributed by atoms with Gasteiger partial charge >= 0.3 is 0 Å². The molecular formula is C6H7N2. The monoisotopic (exact) mass is 107 g/mol. The fraction of sp³-hybridized carbons (Fsp3) is 0.333. The van der Waals surface area contributed by atoms with Gasteiger partial charge in [-0.3, -0.25) is 5.10 Å². The Morgan fingerprint density at radius 2 is 2.62 bits per heavy atom. The summed E-state index contributed by atoms with van der Waals surface area (Å²) in [6.45, 7) is 0. The maximum atomic E-state index is 3.84. The van der Waals surface area contributed by atoms with E-state index >= 15 is 0 Å². The molecule has 1 aliphatic carbocycles. The van der Waals surface area contributed by atoms with Crippen LogP contribution in [0, 0.1) is 6.42 Å². The molecule has 2 heteroatoms. The Kier molecular flexibility index (Phi) is 0.692. The average molecular weight is 107 g/mol. The Hall–Kier alpha value is -0.790. The van der Waals surface area contributed by atoms with E-state index in [0.29, 0.717) is 5.92 Å². The molecule has 1 atom stereocenters. The lowest BCUT2D eigenvalue weighted by atomic mass is 10.2. The number of aromatic amines is 1. The highest BCUT2D eigenvalue weighted by Crippen LogP contribution is 2.37. The summed E-state index contributed by atoms with van der Waals surface area (Å²) in [5.41, 5.74) is 1.32. The van der Waals surface area contributed by atoms with Gasteiger partial charge in [0, 0.05) is 6.20 Å². The highest BCUT2D eigenvalue weighted by molar-refractivity contribution is 5.24. The summed E-state index contributed by atoms with van der Waals surface area (Å²) in [7, 11) is 0. The molecule has 2 nitrogen and oxygen atoms in total. The number of rotatable bonds is 1. The number of nitrogens with one attached hydrogen (secondary N) is 1. The fourth-order valence-electron chi connectivity index (χ4n) is 0.804. The van der Waals surface area contributed by atoms with Crippen molar-refractivity contribution < 1.29 is 0 Å². The van der Waals surface area contributed by atoms with Crippen molar-refractivity contribution in [2.75, 3.05) is 0 Å². The van der Waals surface area contributed by atoms with Crippen molar-refractivity contribution in [1.82, 2.24) is 10.2 Å². The van der Waals surface area contributed by atoms with E-state index in [-0.39, 0.29) is 0 Å². The average Bonchev–Trinajstić information content (AvgIpc) is 2.49. The van der Waals surface area contributed by atoms with Crippen LogP contribution in [0.2, 0.25) is 0 Å². The van der Waals surface area contributed by atoms with Gasteiger partial charge in [0.05, 0.1) is 6.20 Å². The molecule has 2 rings (SSSR count). The summed E-state index contributed by atoms with van der Waals surface area (Å²) in [5.74, 6) is 0.716. The van der Waals surface area contributed by atoms with E-state index in [0.717, 1.165) is 0 Å². The van der Waals surface area contributed by atoms with Gasteiger partial charge in [0.15, 0.2) is 0 Å². The first-order chi connectivity index (χ1) is 3.97. The molecule has 8 heavy (non-hydrogen) atoms. The summed E-state index contributed by atoms with van der Waals surface area (Å²) in [5, 5.41) is 6.62. The van der Waals surface area contributed by atoms with Gasteiger partial charge in [-0.05, 0) is 24.3 Å². The van der Waals surface area contributed by atoms with E-state index in [1.54, 1.807) is 0 Å². The zero-order valence-electron chi connectivity index (χ0n) is 4.46. The standard InChI is InChI=1S/C6H7N2/c1-2-5(1)6-3-7-8-4-6/h1,3-5H,2H2,(H,7,8). The van der Waals surface area contributed by atoms with Crippen LogP contribution in [0.1, 0.15) is 17.9 Å². The van der Waals surface area contributed by atoms with Gasteiger partial charge in [0.1, 0.15) is 0 Å². The minimum atomic E-state index is 0.716. The van der Waals surface area contributed by atoms with Crippen LogP contribution in [0.15, 0.2) is 12.4 Å². The molecule has 1 heterocycles. The summed E-state index contributed by atoms with van der Waals surface area (Å²) in [6.07, 6.45) is 7.34. The molecule has 1 radical (unpaired) electrons.